The smallest absolute Gasteiger partial charge is 0.0563 e. The van der Waals surface area contributed by atoms with Crippen LogP contribution in [0.15, 0.2) is 67.4 Å². The minimum atomic E-state index is 0.444. The summed E-state index contributed by atoms with van der Waals surface area (Å²) in [5.41, 5.74) is 6.37. The van der Waals surface area contributed by atoms with E-state index in [1.54, 1.807) is 0 Å². The van der Waals surface area contributed by atoms with Gasteiger partial charge in [-0.25, -0.2) is 0 Å². The van der Waals surface area contributed by atoms with Gasteiger partial charge in [-0.15, -0.1) is 0 Å². The summed E-state index contributed by atoms with van der Waals surface area (Å²) in [6, 6.07) is 7.12. The zero-order valence-electron chi connectivity index (χ0n) is 22.8. The molecule has 0 radical (unpaired) electrons. The minimum Gasteiger partial charge on any atom is -0.341 e. The SMILES string of the molecule is C=C/C=C/c1cccc(C(=C)/C=C\CCC)c1N1C(CC(C)C)=CC(CCC)C(CCC)C1C. The van der Waals surface area contributed by atoms with Crippen molar-refractivity contribution in [2.75, 3.05) is 4.90 Å². The summed E-state index contributed by atoms with van der Waals surface area (Å²) in [5, 5.41) is 0. The molecular weight excluding hydrogens is 410 g/mol. The van der Waals surface area contributed by atoms with Crippen molar-refractivity contribution in [3.63, 3.8) is 0 Å². The summed E-state index contributed by atoms with van der Waals surface area (Å²) >= 11 is 0. The number of benzene rings is 1. The Balaban J connectivity index is 2.75. The molecule has 1 nitrogen and oxygen atoms in total. The average Bonchev–Trinajstić information content (AvgIpc) is 2.80. The molecule has 0 bridgehead atoms. The predicted molar refractivity (Wildman–Crippen MR) is 155 cm³/mol. The number of allylic oxidation sites excluding steroid dienone is 7. The van der Waals surface area contributed by atoms with Crippen LogP contribution in [0.1, 0.15) is 97.6 Å². The molecule has 0 fully saturated rings. The zero-order chi connectivity index (χ0) is 25.1. The third-order valence-corrected chi connectivity index (χ3v) is 6.99. The van der Waals surface area contributed by atoms with Crippen molar-refractivity contribution < 1.29 is 0 Å². The van der Waals surface area contributed by atoms with Gasteiger partial charge in [0, 0.05) is 17.3 Å². The van der Waals surface area contributed by atoms with Crippen molar-refractivity contribution in [3.05, 3.63) is 78.6 Å². The third kappa shape index (κ3) is 7.11. The molecule has 0 amide bonds. The molecule has 1 aliphatic heterocycles. The molecule has 1 heteroatoms. The molecule has 0 saturated heterocycles. The third-order valence-electron chi connectivity index (χ3n) is 6.99. The summed E-state index contributed by atoms with van der Waals surface area (Å²) in [5.74, 6) is 1.93. The Morgan fingerprint density at radius 1 is 1.09 bits per heavy atom. The van der Waals surface area contributed by atoms with Crippen LogP contribution >= 0.6 is 0 Å². The van der Waals surface area contributed by atoms with Gasteiger partial charge in [0.05, 0.1) is 5.69 Å². The number of rotatable bonds is 13. The van der Waals surface area contributed by atoms with Crippen molar-refractivity contribution in [2.24, 2.45) is 17.8 Å². The zero-order valence-corrected chi connectivity index (χ0v) is 22.8. The van der Waals surface area contributed by atoms with Crippen molar-refractivity contribution in [1.82, 2.24) is 0 Å². The van der Waals surface area contributed by atoms with E-state index in [9.17, 15) is 0 Å². The standard InChI is InChI=1S/C33H49N/c1-9-13-15-19-26(7)31-22-16-21-28(20-14-10-2)33(31)34-27(8)32(18-12-4)29(17-11-3)24-30(34)23-25(5)6/h10,14-16,19-22,24-25,27,29,32H,2,7,9,11-13,17-18,23H2,1,3-6,8H3/b19-15-,20-14+. The van der Waals surface area contributed by atoms with Gasteiger partial charge in [0.2, 0.25) is 0 Å². The maximum Gasteiger partial charge on any atom is 0.0563 e. The number of nitrogens with zero attached hydrogens (tertiary/aromatic N) is 1. The van der Waals surface area contributed by atoms with E-state index in [0.717, 1.165) is 24.8 Å². The maximum atomic E-state index is 4.51. The molecule has 1 aromatic rings. The topological polar surface area (TPSA) is 3.24 Å². The number of hydrogen-bond acceptors (Lipinski definition) is 1. The van der Waals surface area contributed by atoms with Crippen molar-refractivity contribution in [2.45, 2.75) is 92.5 Å². The highest BCUT2D eigenvalue weighted by atomic mass is 15.2. The van der Waals surface area contributed by atoms with Crippen molar-refractivity contribution in [1.29, 1.82) is 0 Å². The maximum absolute atomic E-state index is 4.51. The molecule has 0 aromatic heterocycles. The Morgan fingerprint density at radius 2 is 1.82 bits per heavy atom. The fourth-order valence-corrected chi connectivity index (χ4v) is 5.49. The fraction of sp³-hybridized carbons (Fsp3) is 0.515. The molecule has 1 aliphatic rings. The summed E-state index contributed by atoms with van der Waals surface area (Å²) in [7, 11) is 0. The Hall–Kier alpha value is -2.28. The Morgan fingerprint density at radius 3 is 2.44 bits per heavy atom. The summed E-state index contributed by atoms with van der Waals surface area (Å²) in [6.07, 6.45) is 21.6. The Bertz CT molecular complexity index is 882. The molecule has 0 N–H and O–H groups in total. The molecule has 1 heterocycles. The van der Waals surface area contributed by atoms with E-state index < -0.39 is 0 Å². The lowest BCUT2D eigenvalue weighted by molar-refractivity contribution is 0.275. The largest absolute Gasteiger partial charge is 0.341 e. The molecule has 0 aliphatic carbocycles. The van der Waals surface area contributed by atoms with E-state index in [2.05, 4.69) is 108 Å². The van der Waals surface area contributed by atoms with Crippen LogP contribution in [0.3, 0.4) is 0 Å². The summed E-state index contributed by atoms with van der Waals surface area (Å²) in [4.78, 5) is 2.68. The van der Waals surface area contributed by atoms with Crippen LogP contribution in [0.4, 0.5) is 5.69 Å². The number of para-hydroxylation sites is 1. The number of hydrogen-bond donors (Lipinski definition) is 0. The molecule has 2 rings (SSSR count). The Labute approximate surface area is 211 Å². The van der Waals surface area contributed by atoms with Crippen molar-refractivity contribution >= 4 is 17.3 Å². The highest BCUT2D eigenvalue weighted by Gasteiger charge is 2.36. The van der Waals surface area contributed by atoms with Crippen LogP contribution < -0.4 is 4.90 Å². The van der Waals surface area contributed by atoms with Crippen LogP contribution in [-0.4, -0.2) is 6.04 Å². The number of unbranched alkanes of at least 4 members (excludes halogenated alkanes) is 1. The summed E-state index contributed by atoms with van der Waals surface area (Å²) < 4.78 is 0. The van der Waals surface area contributed by atoms with Gasteiger partial charge in [-0.1, -0.05) is 122 Å². The van der Waals surface area contributed by atoms with Gasteiger partial charge >= 0.3 is 0 Å². The molecule has 0 spiro atoms. The van der Waals surface area contributed by atoms with E-state index >= 15 is 0 Å². The molecular formula is C33H49N. The van der Waals surface area contributed by atoms with Crippen LogP contribution in [0, 0.1) is 17.8 Å². The second kappa shape index (κ2) is 14.2. The molecule has 34 heavy (non-hydrogen) atoms. The van der Waals surface area contributed by atoms with Gasteiger partial charge < -0.3 is 4.90 Å². The highest BCUT2D eigenvalue weighted by molar-refractivity contribution is 5.87. The minimum absolute atomic E-state index is 0.444. The average molecular weight is 460 g/mol. The van der Waals surface area contributed by atoms with E-state index in [4.69, 9.17) is 0 Å². The van der Waals surface area contributed by atoms with Gasteiger partial charge in [0.1, 0.15) is 0 Å². The van der Waals surface area contributed by atoms with Gasteiger partial charge in [-0.3, -0.25) is 0 Å². The molecule has 3 atom stereocenters. The van der Waals surface area contributed by atoms with E-state index in [1.807, 2.05) is 6.08 Å². The summed E-state index contributed by atoms with van der Waals surface area (Å²) in [6.45, 7) is 22.5. The monoisotopic (exact) mass is 459 g/mol. The van der Waals surface area contributed by atoms with Crippen LogP contribution in [-0.2, 0) is 0 Å². The van der Waals surface area contributed by atoms with Crippen LogP contribution in [0.2, 0.25) is 0 Å². The second-order valence-corrected chi connectivity index (χ2v) is 10.3. The normalized spacial score (nSPS) is 21.0. The predicted octanol–water partition coefficient (Wildman–Crippen LogP) is 10.2. The fourth-order valence-electron chi connectivity index (χ4n) is 5.49. The quantitative estimate of drug-likeness (QED) is 0.265. The van der Waals surface area contributed by atoms with E-state index in [-0.39, 0.29) is 0 Å². The first-order valence-corrected chi connectivity index (χ1v) is 13.7. The molecule has 186 valence electrons. The van der Waals surface area contributed by atoms with Gasteiger partial charge in [0.15, 0.2) is 0 Å². The molecule has 0 saturated carbocycles. The molecule has 3 unspecified atom stereocenters. The lowest BCUT2D eigenvalue weighted by Gasteiger charge is -2.47. The van der Waals surface area contributed by atoms with Gasteiger partial charge in [-0.05, 0) is 61.5 Å². The van der Waals surface area contributed by atoms with E-state index in [0.29, 0.717) is 23.8 Å². The lowest BCUT2D eigenvalue weighted by Crippen LogP contribution is -2.45. The second-order valence-electron chi connectivity index (χ2n) is 10.3. The van der Waals surface area contributed by atoms with Gasteiger partial charge in [-0.2, -0.15) is 0 Å². The highest BCUT2D eigenvalue weighted by Crippen LogP contribution is 2.44. The first kappa shape index (κ1) is 28.0. The first-order valence-electron chi connectivity index (χ1n) is 13.7. The van der Waals surface area contributed by atoms with Crippen molar-refractivity contribution in [3.8, 4) is 0 Å². The Kier molecular flexibility index (Phi) is 11.7. The number of anilines is 1. The molecule has 1 aromatic carbocycles. The lowest BCUT2D eigenvalue weighted by atomic mass is 9.75. The van der Waals surface area contributed by atoms with E-state index in [1.165, 1.54) is 48.2 Å². The van der Waals surface area contributed by atoms with Gasteiger partial charge in [0.25, 0.3) is 0 Å². The first-order chi connectivity index (χ1) is 16.4. The van der Waals surface area contributed by atoms with Crippen LogP contribution in [0.5, 0.6) is 0 Å². The van der Waals surface area contributed by atoms with Crippen LogP contribution in [0.25, 0.3) is 11.6 Å².